The molecule has 0 radical (unpaired) electrons. The highest BCUT2D eigenvalue weighted by Crippen LogP contribution is 2.18. The Morgan fingerprint density at radius 2 is 2.43 bits per heavy atom. The molecular formula is C11H15NO2. The molecule has 1 saturated heterocycles. The minimum atomic E-state index is -0.275. The lowest BCUT2D eigenvalue weighted by molar-refractivity contribution is 0.163. The number of rotatable bonds is 3. The van der Waals surface area contributed by atoms with E-state index in [1.807, 2.05) is 25.2 Å². The van der Waals surface area contributed by atoms with Crippen molar-refractivity contribution in [1.82, 2.24) is 4.90 Å². The largest absolute Gasteiger partial charge is 0.447 e. The topological polar surface area (TPSA) is 29.5 Å². The number of carbonyl (C=O) groups excluding carboxylic acids is 1. The molecule has 14 heavy (non-hydrogen) atoms. The molecule has 76 valence electrons. The fourth-order valence-electron chi connectivity index (χ4n) is 1.33. The summed E-state index contributed by atoms with van der Waals surface area (Å²) in [4.78, 5) is 12.7. The summed E-state index contributed by atoms with van der Waals surface area (Å²) in [5.74, 6) is 0. The predicted octanol–water partition coefficient (Wildman–Crippen LogP) is 2.13. The van der Waals surface area contributed by atoms with Crippen molar-refractivity contribution in [1.29, 1.82) is 0 Å². The van der Waals surface area contributed by atoms with Crippen molar-refractivity contribution in [3.63, 3.8) is 0 Å². The molecule has 0 aromatic carbocycles. The van der Waals surface area contributed by atoms with E-state index in [0.717, 1.165) is 5.57 Å². The molecule has 1 heterocycles. The molecule has 1 fully saturated rings. The van der Waals surface area contributed by atoms with Gasteiger partial charge in [-0.25, -0.2) is 4.79 Å². The van der Waals surface area contributed by atoms with Crippen molar-refractivity contribution in [3.05, 3.63) is 36.5 Å². The monoisotopic (exact) mass is 193 g/mol. The summed E-state index contributed by atoms with van der Waals surface area (Å²) in [5.41, 5.74) is 0.997. The van der Waals surface area contributed by atoms with Gasteiger partial charge in [0, 0.05) is 7.05 Å². The molecule has 1 aliphatic rings. The second-order valence-electron chi connectivity index (χ2n) is 3.10. The van der Waals surface area contributed by atoms with Crippen LogP contribution in [0.1, 0.15) is 6.92 Å². The third-order valence-electron chi connectivity index (χ3n) is 2.22. The summed E-state index contributed by atoms with van der Waals surface area (Å²) in [5, 5.41) is 0. The molecule has 0 saturated carbocycles. The van der Waals surface area contributed by atoms with Crippen LogP contribution in [-0.4, -0.2) is 30.7 Å². The molecule has 1 aliphatic heterocycles. The van der Waals surface area contributed by atoms with Crippen LogP contribution in [0.5, 0.6) is 0 Å². The molecule has 1 unspecified atom stereocenters. The highest BCUT2D eigenvalue weighted by atomic mass is 16.6. The first-order valence-electron chi connectivity index (χ1n) is 4.55. The van der Waals surface area contributed by atoms with Gasteiger partial charge in [0.05, 0.1) is 6.04 Å². The Bertz CT molecular complexity index is 292. The fourth-order valence-corrected chi connectivity index (χ4v) is 1.33. The molecule has 0 spiro atoms. The summed E-state index contributed by atoms with van der Waals surface area (Å²) < 4.78 is 4.91. The number of allylic oxidation sites excluding steroid dienone is 3. The van der Waals surface area contributed by atoms with Crippen LogP contribution in [0, 0.1) is 0 Å². The van der Waals surface area contributed by atoms with Crippen LogP contribution in [0.15, 0.2) is 36.5 Å². The van der Waals surface area contributed by atoms with Crippen LogP contribution < -0.4 is 0 Å². The number of hydrogen-bond acceptors (Lipinski definition) is 2. The van der Waals surface area contributed by atoms with Crippen LogP contribution in [0.2, 0.25) is 0 Å². The highest BCUT2D eigenvalue weighted by Gasteiger charge is 2.30. The molecule has 1 amide bonds. The van der Waals surface area contributed by atoms with Gasteiger partial charge in [0.1, 0.15) is 6.61 Å². The van der Waals surface area contributed by atoms with E-state index in [2.05, 4.69) is 6.58 Å². The molecule has 1 rings (SSSR count). The van der Waals surface area contributed by atoms with E-state index < -0.39 is 0 Å². The molecule has 1 atom stereocenters. The Hall–Kier alpha value is -1.51. The van der Waals surface area contributed by atoms with E-state index in [4.69, 9.17) is 4.74 Å². The van der Waals surface area contributed by atoms with Crippen LogP contribution in [0.4, 0.5) is 4.79 Å². The molecule has 0 aromatic rings. The van der Waals surface area contributed by atoms with Crippen LogP contribution >= 0.6 is 0 Å². The van der Waals surface area contributed by atoms with E-state index in [0.29, 0.717) is 6.61 Å². The average molecular weight is 193 g/mol. The van der Waals surface area contributed by atoms with Gasteiger partial charge in [-0.1, -0.05) is 30.9 Å². The first-order valence-corrected chi connectivity index (χ1v) is 4.55. The van der Waals surface area contributed by atoms with E-state index >= 15 is 0 Å². The van der Waals surface area contributed by atoms with Crippen LogP contribution in [-0.2, 0) is 4.74 Å². The standard InChI is InChI=1S/C11H15NO2/c1-4-6-7-9(5-2)10-8-14-11(13)12(10)3/h4-7,10H,2,8H2,1,3H3/b6-4-,9-7+. The number of carbonyl (C=O) groups is 1. The number of nitrogens with zero attached hydrogens (tertiary/aromatic N) is 1. The Kier molecular flexibility index (Phi) is 3.51. The minimum Gasteiger partial charge on any atom is -0.447 e. The zero-order valence-electron chi connectivity index (χ0n) is 8.56. The molecular weight excluding hydrogens is 178 g/mol. The van der Waals surface area contributed by atoms with Gasteiger partial charge in [-0.3, -0.25) is 0 Å². The smallest absolute Gasteiger partial charge is 0.410 e. The maximum atomic E-state index is 11.1. The maximum absolute atomic E-state index is 11.1. The summed E-state index contributed by atoms with van der Waals surface area (Å²) in [6, 6.07) is -0.00352. The summed E-state index contributed by atoms with van der Waals surface area (Å²) in [6.45, 7) is 6.07. The van der Waals surface area contributed by atoms with Crippen molar-refractivity contribution in [3.8, 4) is 0 Å². The lowest BCUT2D eigenvalue weighted by atomic mass is 10.1. The van der Waals surface area contributed by atoms with E-state index in [1.54, 1.807) is 18.0 Å². The molecule has 3 nitrogen and oxygen atoms in total. The molecule has 0 aliphatic carbocycles. The Morgan fingerprint density at radius 1 is 1.71 bits per heavy atom. The van der Waals surface area contributed by atoms with Gasteiger partial charge in [0.25, 0.3) is 0 Å². The molecule has 0 N–H and O–H groups in total. The Balaban J connectivity index is 2.80. The van der Waals surface area contributed by atoms with Gasteiger partial charge >= 0.3 is 6.09 Å². The maximum Gasteiger partial charge on any atom is 0.410 e. The second-order valence-corrected chi connectivity index (χ2v) is 3.10. The molecule has 0 aromatic heterocycles. The highest BCUT2D eigenvalue weighted by molar-refractivity contribution is 5.70. The van der Waals surface area contributed by atoms with Gasteiger partial charge in [0.15, 0.2) is 0 Å². The summed E-state index contributed by atoms with van der Waals surface area (Å²) in [6.07, 6.45) is 7.27. The lowest BCUT2D eigenvalue weighted by Crippen LogP contribution is -2.30. The van der Waals surface area contributed by atoms with Crippen LogP contribution in [0.3, 0.4) is 0 Å². The number of ether oxygens (including phenoxy) is 1. The van der Waals surface area contributed by atoms with Crippen molar-refractivity contribution in [2.24, 2.45) is 0 Å². The van der Waals surface area contributed by atoms with Crippen molar-refractivity contribution in [2.45, 2.75) is 13.0 Å². The van der Waals surface area contributed by atoms with Gasteiger partial charge in [0.2, 0.25) is 0 Å². The third-order valence-corrected chi connectivity index (χ3v) is 2.22. The third kappa shape index (κ3) is 2.05. The second kappa shape index (κ2) is 4.65. The predicted molar refractivity (Wildman–Crippen MR) is 56.0 cm³/mol. The quantitative estimate of drug-likeness (QED) is 0.642. The first kappa shape index (κ1) is 10.6. The number of amides is 1. The zero-order valence-corrected chi connectivity index (χ0v) is 8.56. The Labute approximate surface area is 84.3 Å². The van der Waals surface area contributed by atoms with Crippen molar-refractivity contribution in [2.75, 3.05) is 13.7 Å². The number of hydrogen-bond donors (Lipinski definition) is 0. The van der Waals surface area contributed by atoms with Gasteiger partial charge < -0.3 is 9.64 Å². The van der Waals surface area contributed by atoms with Crippen molar-refractivity contribution < 1.29 is 9.53 Å². The zero-order chi connectivity index (χ0) is 10.6. The van der Waals surface area contributed by atoms with Crippen LogP contribution in [0.25, 0.3) is 0 Å². The van der Waals surface area contributed by atoms with E-state index in [-0.39, 0.29) is 12.1 Å². The average Bonchev–Trinajstić information content (AvgIpc) is 2.51. The van der Waals surface area contributed by atoms with E-state index in [1.165, 1.54) is 0 Å². The molecule has 0 bridgehead atoms. The number of cyclic esters (lactones) is 1. The van der Waals surface area contributed by atoms with Crippen molar-refractivity contribution >= 4 is 6.09 Å². The van der Waals surface area contributed by atoms with E-state index in [9.17, 15) is 4.79 Å². The fraction of sp³-hybridized carbons (Fsp3) is 0.364. The Morgan fingerprint density at radius 3 is 2.86 bits per heavy atom. The first-order chi connectivity index (χ1) is 6.70. The van der Waals surface area contributed by atoms with Gasteiger partial charge in [-0.05, 0) is 12.5 Å². The van der Waals surface area contributed by atoms with Gasteiger partial charge in [-0.15, -0.1) is 0 Å². The summed E-state index contributed by atoms with van der Waals surface area (Å²) in [7, 11) is 1.73. The van der Waals surface area contributed by atoms with Gasteiger partial charge in [-0.2, -0.15) is 0 Å². The summed E-state index contributed by atoms with van der Waals surface area (Å²) >= 11 is 0. The number of likely N-dealkylation sites (N-methyl/N-ethyl adjacent to an activating group) is 1. The lowest BCUT2D eigenvalue weighted by Gasteiger charge is -2.16. The molecule has 3 heteroatoms. The normalized spacial score (nSPS) is 23.0. The minimum absolute atomic E-state index is 0.00352. The SMILES string of the molecule is C=C/C(=C\C=C/C)C1COC(=O)N1C.